The molecule has 0 aliphatic carbocycles. The van der Waals surface area contributed by atoms with E-state index in [1.54, 1.807) is 0 Å². The minimum Gasteiger partial charge on any atom is -0.306 e. The van der Waals surface area contributed by atoms with E-state index in [2.05, 4.69) is 191 Å². The van der Waals surface area contributed by atoms with Crippen LogP contribution in [0.15, 0.2) is 231 Å². The molecule has 7 heterocycles. The molecule has 0 radical (unpaired) electrons. The van der Waals surface area contributed by atoms with Gasteiger partial charge in [-0.25, -0.2) is 9.97 Å². The molecule has 0 unspecified atom stereocenters. The van der Waals surface area contributed by atoms with Crippen LogP contribution in [-0.2, 0) is 0 Å². The van der Waals surface area contributed by atoms with E-state index in [0.717, 1.165) is 99.3 Å². The van der Waals surface area contributed by atoms with Crippen LogP contribution in [0.25, 0.3) is 155 Å². The van der Waals surface area contributed by atoms with E-state index in [1.807, 2.05) is 48.8 Å². The molecule has 332 valence electrons. The lowest BCUT2D eigenvalue weighted by Crippen LogP contribution is -1.99. The molecule has 0 fully saturated rings. The Hall–Kier alpha value is -9.78. The highest BCUT2D eigenvalue weighted by molar-refractivity contribution is 6.40. The van der Waals surface area contributed by atoms with Gasteiger partial charge in [-0.05, 0) is 117 Å². The summed E-state index contributed by atoms with van der Waals surface area (Å²) in [5.41, 5.74) is 20.6. The van der Waals surface area contributed by atoms with Crippen LogP contribution in [-0.4, -0.2) is 28.7 Å². The van der Waals surface area contributed by atoms with Crippen LogP contribution in [0, 0.1) is 0 Å². The van der Waals surface area contributed by atoms with E-state index in [-0.39, 0.29) is 0 Å². The van der Waals surface area contributed by atoms with Crippen molar-refractivity contribution in [1.29, 1.82) is 0 Å². The molecule has 7 aromatic heterocycles. The third kappa shape index (κ3) is 5.49. The molecule has 0 N–H and O–H groups in total. The molecule has 0 bridgehead atoms. The summed E-state index contributed by atoms with van der Waals surface area (Å²) in [7, 11) is 0. The van der Waals surface area contributed by atoms with Crippen LogP contribution in [0.5, 0.6) is 0 Å². The van der Waals surface area contributed by atoms with E-state index in [9.17, 15) is 0 Å². The van der Waals surface area contributed by atoms with Crippen LogP contribution in [0.2, 0.25) is 0 Å². The molecule has 0 amide bonds. The quantitative estimate of drug-likeness (QED) is 0.167. The van der Waals surface area contributed by atoms with Crippen LogP contribution in [0.3, 0.4) is 0 Å². The van der Waals surface area contributed by atoms with Gasteiger partial charge in [0.1, 0.15) is 22.4 Å². The molecule has 72 heavy (non-hydrogen) atoms. The van der Waals surface area contributed by atoms with Crippen molar-refractivity contribution in [3.8, 4) is 67.3 Å². The average Bonchev–Trinajstić information content (AvgIpc) is 4.19. The fourth-order valence-electron chi connectivity index (χ4n) is 11.9. The van der Waals surface area contributed by atoms with Crippen molar-refractivity contribution in [2.45, 2.75) is 0 Å². The smallest absolute Gasteiger partial charge is 0.117 e. The maximum absolute atomic E-state index is 5.87. The Kier molecular flexibility index (Phi) is 8.07. The minimum atomic E-state index is 0.688. The largest absolute Gasteiger partial charge is 0.306 e. The first kappa shape index (κ1) is 39.1. The summed E-state index contributed by atoms with van der Waals surface area (Å²) in [5, 5.41) is 9.14. The molecule has 0 atom stereocenters. The summed E-state index contributed by atoms with van der Waals surface area (Å²) in [6.45, 7) is 0. The number of fused-ring (bicyclic) bond motifs is 16. The van der Waals surface area contributed by atoms with Crippen molar-refractivity contribution >= 4 is 87.2 Å². The van der Waals surface area contributed by atoms with Gasteiger partial charge in [-0.3, -0.25) is 9.97 Å². The Morgan fingerprint density at radius 2 is 0.611 bits per heavy atom. The Morgan fingerprint density at radius 3 is 0.986 bits per heavy atom. The van der Waals surface area contributed by atoms with Gasteiger partial charge in [-0.15, -0.1) is 0 Å². The lowest BCUT2D eigenvalue weighted by atomic mass is 9.95. The van der Waals surface area contributed by atoms with Crippen molar-refractivity contribution < 1.29 is 0 Å². The first-order valence-electron chi connectivity index (χ1n) is 24.5. The lowest BCUT2D eigenvalue weighted by Gasteiger charge is -2.13. The second-order valence-electron chi connectivity index (χ2n) is 18.9. The van der Waals surface area contributed by atoms with Crippen molar-refractivity contribution in [2.75, 3.05) is 0 Å². The summed E-state index contributed by atoms with van der Waals surface area (Å²) < 4.78 is 5.10. The summed E-state index contributed by atoms with van der Waals surface area (Å²) >= 11 is 0. The van der Waals surface area contributed by atoms with E-state index < -0.39 is 0 Å². The van der Waals surface area contributed by atoms with E-state index in [4.69, 9.17) is 19.9 Å². The van der Waals surface area contributed by atoms with Crippen molar-refractivity contribution in [2.24, 2.45) is 0 Å². The van der Waals surface area contributed by atoms with Gasteiger partial charge >= 0.3 is 0 Å². The van der Waals surface area contributed by atoms with Crippen LogP contribution in [0.1, 0.15) is 0 Å². The number of hydrogen-bond acceptors (Lipinski definition) is 4. The van der Waals surface area contributed by atoms with E-state index >= 15 is 0 Å². The lowest BCUT2D eigenvalue weighted by molar-refractivity contribution is 1.21. The highest BCUT2D eigenvalue weighted by Gasteiger charge is 2.31. The third-order valence-electron chi connectivity index (χ3n) is 15.0. The Bertz CT molecular complexity index is 4490. The summed E-state index contributed by atoms with van der Waals surface area (Å²) in [5.74, 6) is 0. The van der Waals surface area contributed by atoms with E-state index in [1.165, 1.54) is 43.8 Å². The van der Waals surface area contributed by atoms with Crippen molar-refractivity contribution in [3.05, 3.63) is 231 Å². The predicted octanol–water partition coefficient (Wildman–Crippen LogP) is 16.7. The number of aromatic nitrogens is 6. The average molecular weight is 915 g/mol. The van der Waals surface area contributed by atoms with Gasteiger partial charge in [0.25, 0.3) is 0 Å². The normalized spacial score (nSPS) is 12.2. The maximum atomic E-state index is 5.87. The van der Waals surface area contributed by atoms with E-state index in [0.29, 0.717) is 11.4 Å². The van der Waals surface area contributed by atoms with Crippen molar-refractivity contribution in [1.82, 2.24) is 28.7 Å². The number of benzene rings is 9. The molecular formula is C66H38N6. The zero-order valence-corrected chi connectivity index (χ0v) is 38.6. The van der Waals surface area contributed by atoms with Crippen molar-refractivity contribution in [3.63, 3.8) is 0 Å². The number of rotatable bonds is 6. The molecule has 16 aromatic rings. The second-order valence-corrected chi connectivity index (χ2v) is 18.9. The Labute approximate surface area is 412 Å². The van der Waals surface area contributed by atoms with Gasteiger partial charge in [0.15, 0.2) is 0 Å². The Morgan fingerprint density at radius 1 is 0.264 bits per heavy atom. The molecule has 0 saturated heterocycles. The number of pyridine rings is 2. The zero-order valence-electron chi connectivity index (χ0n) is 38.6. The van der Waals surface area contributed by atoms with Gasteiger partial charge in [-0.1, -0.05) is 146 Å². The van der Waals surface area contributed by atoms with Gasteiger partial charge < -0.3 is 8.80 Å². The fraction of sp³-hybridized carbons (Fsp3) is 0. The summed E-state index contributed by atoms with van der Waals surface area (Å²) in [6.07, 6.45) is 3.66. The van der Waals surface area contributed by atoms with Gasteiger partial charge in [0.05, 0.1) is 44.5 Å². The van der Waals surface area contributed by atoms with Gasteiger partial charge in [0.2, 0.25) is 0 Å². The highest BCUT2D eigenvalue weighted by atomic mass is 15.0. The zero-order chi connectivity index (χ0) is 47.0. The van der Waals surface area contributed by atoms with Gasteiger partial charge in [-0.2, -0.15) is 0 Å². The molecule has 0 spiro atoms. The predicted molar refractivity (Wildman–Crippen MR) is 297 cm³/mol. The fourth-order valence-corrected chi connectivity index (χ4v) is 11.9. The molecule has 16 rings (SSSR count). The van der Waals surface area contributed by atoms with Crippen LogP contribution < -0.4 is 0 Å². The summed E-state index contributed by atoms with van der Waals surface area (Å²) in [6, 6.07) is 78.5. The molecular weight excluding hydrogens is 877 g/mol. The molecule has 9 aromatic carbocycles. The monoisotopic (exact) mass is 914 g/mol. The molecule has 6 heteroatoms. The first-order valence-corrected chi connectivity index (χ1v) is 24.5. The van der Waals surface area contributed by atoms with Gasteiger partial charge in [0, 0.05) is 55.5 Å². The van der Waals surface area contributed by atoms with Crippen LogP contribution in [0.4, 0.5) is 0 Å². The molecule has 6 nitrogen and oxygen atoms in total. The number of nitrogens with zero attached hydrogens (tertiary/aromatic N) is 6. The third-order valence-corrected chi connectivity index (χ3v) is 15.0. The van der Waals surface area contributed by atoms with Crippen LogP contribution >= 0.6 is 0 Å². The SMILES string of the molecule is c1ccc(-c2ccc3c(c2)c2cc(-c4ccccc4)cc4c5c6nc(-c7ccccn7)c(-c7ccccn7)nc6c6c7cc(-c8ccccc8)cc8c9cc(-c%10ccccc%10)ccc9n(c87)c6c5n3c24)cc1. The second kappa shape index (κ2) is 14.9. The number of hydrogen-bond donors (Lipinski definition) is 0. The molecule has 0 saturated carbocycles. The highest BCUT2D eigenvalue weighted by Crippen LogP contribution is 2.52. The first-order chi connectivity index (χ1) is 35.7. The molecule has 0 aliphatic heterocycles. The Balaban J connectivity index is 1.18. The topological polar surface area (TPSA) is 60.4 Å². The maximum Gasteiger partial charge on any atom is 0.117 e. The standard InChI is InChI=1S/C66H38N6/c1-5-17-39(18-6-1)43-27-29-55-47(33-43)49-35-45(41-21-9-3-10-22-41)37-51-57-61-62(70-60(54-26-14-16-32-68-54)59(69-61)53-25-13-15-31-67-53)58-52-38-46(42-23-11-4-12-24-42)36-50-48-34-44(40-19-7-2-8-20-40)28-30-56(48)72(64(50)52)66(58)65(57)71(55)63(49)51/h1-38H. The molecule has 0 aliphatic rings. The summed E-state index contributed by atoms with van der Waals surface area (Å²) in [4.78, 5) is 21.6. The minimum absolute atomic E-state index is 0.688.